The van der Waals surface area contributed by atoms with Crippen molar-refractivity contribution in [3.63, 3.8) is 0 Å². The highest BCUT2D eigenvalue weighted by Gasteiger charge is 2.10. The number of amides is 2. The van der Waals surface area contributed by atoms with E-state index in [1.54, 1.807) is 24.3 Å². The SMILES string of the molecule is Cc1cc(NC(=O)Nc2ccc(CS(=O)O)cc2)cc(C)c1-c1cccc(CO)c1. The molecule has 0 saturated carbocycles. The Labute approximate surface area is 178 Å². The average molecular weight is 425 g/mol. The smallest absolute Gasteiger partial charge is 0.323 e. The third kappa shape index (κ3) is 5.54. The first-order valence-corrected chi connectivity index (χ1v) is 10.7. The maximum atomic E-state index is 12.4. The molecule has 0 heterocycles. The largest absolute Gasteiger partial charge is 0.392 e. The van der Waals surface area contributed by atoms with Crippen LogP contribution in [0.25, 0.3) is 11.1 Å². The maximum Gasteiger partial charge on any atom is 0.323 e. The Balaban J connectivity index is 1.72. The van der Waals surface area contributed by atoms with Crippen LogP contribution in [-0.2, 0) is 23.4 Å². The molecule has 0 aliphatic heterocycles. The molecule has 7 heteroatoms. The second-order valence-electron chi connectivity index (χ2n) is 7.09. The molecule has 156 valence electrons. The third-order valence-corrected chi connectivity index (χ3v) is 5.27. The topological polar surface area (TPSA) is 98.7 Å². The number of carbonyl (C=O) groups is 1. The lowest BCUT2D eigenvalue weighted by Crippen LogP contribution is -2.19. The standard InChI is InChI=1S/C23H24N2O4S/c1-15-10-21(11-16(2)22(15)19-5-3-4-18(12-19)13-26)25-23(27)24-20-8-6-17(7-9-20)14-30(28)29/h3-12,26H,13-14H2,1-2H3,(H,28,29)(H2,24,25,27). The first-order chi connectivity index (χ1) is 14.4. The molecule has 0 saturated heterocycles. The van der Waals surface area contributed by atoms with Gasteiger partial charge in [0.05, 0.1) is 12.4 Å². The Kier molecular flexibility index (Phi) is 6.99. The molecule has 2 amide bonds. The van der Waals surface area contributed by atoms with Crippen molar-refractivity contribution in [2.24, 2.45) is 0 Å². The normalized spacial score (nSPS) is 11.7. The summed E-state index contributed by atoms with van der Waals surface area (Å²) in [6.45, 7) is 3.96. The molecule has 3 aromatic rings. The molecule has 0 aliphatic rings. The van der Waals surface area contributed by atoms with E-state index in [0.717, 1.165) is 27.8 Å². The molecule has 4 N–H and O–H groups in total. The molecule has 0 radical (unpaired) electrons. The van der Waals surface area contributed by atoms with E-state index in [1.165, 1.54) is 0 Å². The fraction of sp³-hybridized carbons (Fsp3) is 0.174. The van der Waals surface area contributed by atoms with Crippen molar-refractivity contribution in [2.45, 2.75) is 26.2 Å². The van der Waals surface area contributed by atoms with E-state index in [2.05, 4.69) is 10.6 Å². The number of rotatable bonds is 6. The van der Waals surface area contributed by atoms with Gasteiger partial charge in [-0.1, -0.05) is 30.3 Å². The van der Waals surface area contributed by atoms with Crippen LogP contribution >= 0.6 is 0 Å². The van der Waals surface area contributed by atoms with Crippen molar-refractivity contribution < 1.29 is 18.7 Å². The zero-order valence-corrected chi connectivity index (χ0v) is 17.6. The van der Waals surface area contributed by atoms with Crippen LogP contribution < -0.4 is 10.6 Å². The van der Waals surface area contributed by atoms with Gasteiger partial charge in [0.25, 0.3) is 0 Å². The highest BCUT2D eigenvalue weighted by molar-refractivity contribution is 7.78. The van der Waals surface area contributed by atoms with Crippen molar-refractivity contribution >= 4 is 28.5 Å². The van der Waals surface area contributed by atoms with E-state index in [-0.39, 0.29) is 18.4 Å². The number of hydrogen-bond acceptors (Lipinski definition) is 3. The molecule has 0 aliphatic carbocycles. The molecule has 0 bridgehead atoms. The second-order valence-corrected chi connectivity index (χ2v) is 8.02. The van der Waals surface area contributed by atoms with Gasteiger partial charge in [-0.15, -0.1) is 0 Å². The van der Waals surface area contributed by atoms with Gasteiger partial charge < -0.3 is 20.3 Å². The Morgan fingerprint density at radius 2 is 1.53 bits per heavy atom. The molecule has 0 fully saturated rings. The number of aliphatic hydroxyl groups excluding tert-OH is 1. The van der Waals surface area contributed by atoms with Crippen LogP contribution in [0.15, 0.2) is 60.7 Å². The van der Waals surface area contributed by atoms with E-state index in [9.17, 15) is 14.1 Å². The van der Waals surface area contributed by atoms with Crippen molar-refractivity contribution in [1.29, 1.82) is 0 Å². The zero-order valence-electron chi connectivity index (χ0n) is 16.8. The van der Waals surface area contributed by atoms with E-state index in [4.69, 9.17) is 4.55 Å². The van der Waals surface area contributed by atoms with Gasteiger partial charge in [-0.2, -0.15) is 0 Å². The molecule has 0 aromatic heterocycles. The van der Waals surface area contributed by atoms with Crippen LogP contribution in [0.3, 0.4) is 0 Å². The quantitative estimate of drug-likeness (QED) is 0.426. The number of nitrogens with one attached hydrogen (secondary N) is 2. The summed E-state index contributed by atoms with van der Waals surface area (Å²) in [5, 5.41) is 15.0. The van der Waals surface area contributed by atoms with Gasteiger partial charge in [0.1, 0.15) is 0 Å². The molecule has 3 aromatic carbocycles. The Bertz CT molecular complexity index is 1060. The summed E-state index contributed by atoms with van der Waals surface area (Å²) in [6.07, 6.45) is 0. The minimum atomic E-state index is -1.90. The second kappa shape index (κ2) is 9.67. The van der Waals surface area contributed by atoms with Gasteiger partial charge in [-0.05, 0) is 77.6 Å². The Morgan fingerprint density at radius 3 is 2.13 bits per heavy atom. The zero-order chi connectivity index (χ0) is 21.7. The summed E-state index contributed by atoms with van der Waals surface area (Å²) < 4.78 is 19.8. The van der Waals surface area contributed by atoms with Crippen molar-refractivity contribution in [3.05, 3.63) is 82.9 Å². The van der Waals surface area contributed by atoms with Crippen LogP contribution in [0.4, 0.5) is 16.2 Å². The van der Waals surface area contributed by atoms with Crippen LogP contribution in [0.2, 0.25) is 0 Å². The molecule has 0 spiro atoms. The highest BCUT2D eigenvalue weighted by Crippen LogP contribution is 2.30. The van der Waals surface area contributed by atoms with Crippen LogP contribution in [0.5, 0.6) is 0 Å². The Hall–Kier alpha value is -3.00. The average Bonchev–Trinajstić information content (AvgIpc) is 2.68. The Morgan fingerprint density at radius 1 is 0.900 bits per heavy atom. The lowest BCUT2D eigenvalue weighted by atomic mass is 9.94. The van der Waals surface area contributed by atoms with Crippen LogP contribution in [-0.4, -0.2) is 19.9 Å². The summed E-state index contributed by atoms with van der Waals surface area (Å²) in [5.74, 6) is 0.0542. The monoisotopic (exact) mass is 424 g/mol. The van der Waals surface area contributed by atoms with Crippen LogP contribution in [0, 0.1) is 13.8 Å². The lowest BCUT2D eigenvalue weighted by molar-refractivity contribution is 0.262. The molecule has 6 nitrogen and oxygen atoms in total. The summed E-state index contributed by atoms with van der Waals surface area (Å²) in [6, 6.07) is 18.0. The number of benzene rings is 3. The molecule has 30 heavy (non-hydrogen) atoms. The number of aliphatic hydroxyl groups is 1. The minimum absolute atomic E-state index is 0.00934. The van der Waals surface area contributed by atoms with Gasteiger partial charge in [0.2, 0.25) is 0 Å². The van der Waals surface area contributed by atoms with E-state index < -0.39 is 11.1 Å². The maximum absolute atomic E-state index is 12.4. The molecule has 1 atom stereocenters. The van der Waals surface area contributed by atoms with E-state index >= 15 is 0 Å². The predicted octanol–water partition coefficient (Wildman–Crippen LogP) is 4.83. The van der Waals surface area contributed by atoms with Crippen molar-refractivity contribution in [2.75, 3.05) is 10.6 Å². The predicted molar refractivity (Wildman–Crippen MR) is 121 cm³/mol. The lowest BCUT2D eigenvalue weighted by Gasteiger charge is -2.15. The number of carbonyl (C=O) groups excluding carboxylic acids is 1. The van der Waals surface area contributed by atoms with E-state index in [0.29, 0.717) is 16.9 Å². The number of anilines is 2. The molecule has 3 rings (SSSR count). The van der Waals surface area contributed by atoms with E-state index in [1.807, 2.05) is 50.2 Å². The first kappa shape index (κ1) is 21.7. The summed E-state index contributed by atoms with van der Waals surface area (Å²) in [4.78, 5) is 12.4. The fourth-order valence-corrected chi connectivity index (χ4v) is 3.91. The first-order valence-electron chi connectivity index (χ1n) is 9.41. The summed E-state index contributed by atoms with van der Waals surface area (Å²) in [7, 11) is 0. The van der Waals surface area contributed by atoms with Crippen molar-refractivity contribution in [3.8, 4) is 11.1 Å². The number of aryl methyl sites for hydroxylation is 2. The number of urea groups is 1. The highest BCUT2D eigenvalue weighted by atomic mass is 32.2. The van der Waals surface area contributed by atoms with Crippen molar-refractivity contribution in [1.82, 2.24) is 0 Å². The van der Waals surface area contributed by atoms with Gasteiger partial charge in [0, 0.05) is 11.4 Å². The fourth-order valence-electron chi connectivity index (χ4n) is 3.44. The van der Waals surface area contributed by atoms with Gasteiger partial charge >= 0.3 is 6.03 Å². The van der Waals surface area contributed by atoms with Gasteiger partial charge in [-0.3, -0.25) is 0 Å². The van der Waals surface area contributed by atoms with Gasteiger partial charge in [0.15, 0.2) is 11.1 Å². The molecular formula is C23H24N2O4S. The minimum Gasteiger partial charge on any atom is -0.392 e. The number of hydrogen-bond donors (Lipinski definition) is 4. The van der Waals surface area contributed by atoms with Gasteiger partial charge in [-0.25, -0.2) is 9.00 Å². The third-order valence-electron chi connectivity index (χ3n) is 4.69. The molecular weight excluding hydrogens is 400 g/mol. The molecule has 1 unspecified atom stereocenters. The summed E-state index contributed by atoms with van der Waals surface area (Å²) >= 11 is -1.90. The van der Waals surface area contributed by atoms with Crippen LogP contribution in [0.1, 0.15) is 22.3 Å². The summed E-state index contributed by atoms with van der Waals surface area (Å²) in [5.41, 5.74) is 6.97.